The second-order valence-corrected chi connectivity index (χ2v) is 5.48. The molecule has 0 aromatic carbocycles. The van der Waals surface area contributed by atoms with Crippen LogP contribution in [-0.4, -0.2) is 31.8 Å². The van der Waals surface area contributed by atoms with Crippen molar-refractivity contribution in [2.24, 2.45) is 5.92 Å². The lowest BCUT2D eigenvalue weighted by atomic mass is 9.85. The highest BCUT2D eigenvalue weighted by Gasteiger charge is 2.17. The summed E-state index contributed by atoms with van der Waals surface area (Å²) in [5.41, 5.74) is 1.76. The van der Waals surface area contributed by atoms with E-state index in [1.165, 1.54) is 38.5 Å². The van der Waals surface area contributed by atoms with Crippen molar-refractivity contribution in [3.05, 3.63) is 11.4 Å². The SMILES string of the molecule is OCCCn1nnc(CO)c1CCC1CCCCC1. The minimum atomic E-state index is -0.0425. The van der Waals surface area contributed by atoms with E-state index in [-0.39, 0.29) is 13.2 Å². The molecular weight excluding hydrogens is 242 g/mol. The Labute approximate surface area is 114 Å². The number of rotatable bonds is 7. The van der Waals surface area contributed by atoms with E-state index in [0.29, 0.717) is 18.7 Å². The fourth-order valence-corrected chi connectivity index (χ4v) is 2.98. The fraction of sp³-hybridized carbons (Fsp3) is 0.857. The molecule has 1 aliphatic rings. The van der Waals surface area contributed by atoms with E-state index in [1.54, 1.807) is 0 Å². The van der Waals surface area contributed by atoms with Crippen LogP contribution in [-0.2, 0) is 19.6 Å². The van der Waals surface area contributed by atoms with Crippen LogP contribution in [0.15, 0.2) is 0 Å². The van der Waals surface area contributed by atoms with Gasteiger partial charge in [-0.3, -0.25) is 0 Å². The van der Waals surface area contributed by atoms with Crippen molar-refractivity contribution >= 4 is 0 Å². The maximum atomic E-state index is 9.33. The zero-order valence-electron chi connectivity index (χ0n) is 11.6. The van der Waals surface area contributed by atoms with Crippen LogP contribution < -0.4 is 0 Å². The zero-order valence-corrected chi connectivity index (χ0v) is 11.6. The fourth-order valence-electron chi connectivity index (χ4n) is 2.98. The molecule has 0 unspecified atom stereocenters. The van der Waals surface area contributed by atoms with E-state index in [4.69, 9.17) is 5.11 Å². The Morgan fingerprint density at radius 1 is 1.16 bits per heavy atom. The number of aryl methyl sites for hydroxylation is 1. The van der Waals surface area contributed by atoms with Gasteiger partial charge in [0.15, 0.2) is 0 Å². The molecule has 0 saturated heterocycles. The summed E-state index contributed by atoms with van der Waals surface area (Å²) in [5, 5.41) is 26.4. The summed E-state index contributed by atoms with van der Waals surface area (Å²) in [4.78, 5) is 0. The van der Waals surface area contributed by atoms with Crippen molar-refractivity contribution in [2.45, 2.75) is 64.5 Å². The molecule has 0 aliphatic heterocycles. The molecule has 1 heterocycles. The van der Waals surface area contributed by atoms with Gasteiger partial charge in [-0.25, -0.2) is 4.68 Å². The predicted octanol–water partition coefficient (Wildman–Crippen LogP) is 1.67. The first-order valence-corrected chi connectivity index (χ1v) is 7.48. The standard InChI is InChI=1S/C14H25N3O2/c18-10-4-9-17-14(13(11-19)15-16-17)8-7-12-5-2-1-3-6-12/h12,18-19H,1-11H2. The van der Waals surface area contributed by atoms with Gasteiger partial charge in [0.05, 0.1) is 12.3 Å². The van der Waals surface area contributed by atoms with Crippen LogP contribution in [0, 0.1) is 5.92 Å². The summed E-state index contributed by atoms with van der Waals surface area (Å²) in [7, 11) is 0. The molecule has 1 saturated carbocycles. The number of hydrogen-bond donors (Lipinski definition) is 2. The molecular formula is C14H25N3O2. The lowest BCUT2D eigenvalue weighted by Crippen LogP contribution is -2.12. The van der Waals surface area contributed by atoms with Crippen molar-refractivity contribution in [2.75, 3.05) is 6.61 Å². The van der Waals surface area contributed by atoms with E-state index >= 15 is 0 Å². The van der Waals surface area contributed by atoms with Gasteiger partial charge in [0, 0.05) is 13.2 Å². The highest BCUT2D eigenvalue weighted by atomic mass is 16.3. The number of aliphatic hydroxyl groups excluding tert-OH is 2. The van der Waals surface area contributed by atoms with Crippen LogP contribution in [0.25, 0.3) is 0 Å². The summed E-state index contributed by atoms with van der Waals surface area (Å²) < 4.78 is 1.85. The van der Waals surface area contributed by atoms with E-state index in [0.717, 1.165) is 18.0 Å². The number of aromatic nitrogens is 3. The second kappa shape index (κ2) is 7.60. The van der Waals surface area contributed by atoms with Crippen molar-refractivity contribution in [3.8, 4) is 0 Å². The minimum Gasteiger partial charge on any atom is -0.396 e. The summed E-state index contributed by atoms with van der Waals surface area (Å²) >= 11 is 0. The molecule has 2 rings (SSSR count). The Bertz CT molecular complexity index is 373. The van der Waals surface area contributed by atoms with Gasteiger partial charge >= 0.3 is 0 Å². The van der Waals surface area contributed by atoms with E-state index in [9.17, 15) is 5.11 Å². The van der Waals surface area contributed by atoms with Crippen LogP contribution in [0.2, 0.25) is 0 Å². The molecule has 19 heavy (non-hydrogen) atoms. The monoisotopic (exact) mass is 267 g/mol. The largest absolute Gasteiger partial charge is 0.396 e. The lowest BCUT2D eigenvalue weighted by molar-refractivity contribution is 0.271. The molecule has 0 spiro atoms. The molecule has 1 fully saturated rings. The molecule has 0 atom stereocenters. The Morgan fingerprint density at radius 2 is 1.95 bits per heavy atom. The number of hydrogen-bond acceptors (Lipinski definition) is 4. The van der Waals surface area contributed by atoms with Gasteiger partial charge in [-0.15, -0.1) is 5.10 Å². The maximum Gasteiger partial charge on any atom is 0.111 e. The molecule has 0 bridgehead atoms. The minimum absolute atomic E-state index is 0.0425. The van der Waals surface area contributed by atoms with Gasteiger partial charge in [-0.2, -0.15) is 0 Å². The van der Waals surface area contributed by atoms with E-state index < -0.39 is 0 Å². The zero-order chi connectivity index (χ0) is 13.5. The summed E-state index contributed by atoms with van der Waals surface area (Å²) in [5.74, 6) is 0.821. The summed E-state index contributed by atoms with van der Waals surface area (Å²) in [6, 6.07) is 0. The molecule has 0 amide bonds. The quantitative estimate of drug-likeness (QED) is 0.788. The smallest absolute Gasteiger partial charge is 0.111 e. The van der Waals surface area contributed by atoms with Gasteiger partial charge in [0.2, 0.25) is 0 Å². The lowest BCUT2D eigenvalue weighted by Gasteiger charge is -2.21. The maximum absolute atomic E-state index is 9.33. The average Bonchev–Trinajstić information content (AvgIpc) is 2.86. The van der Waals surface area contributed by atoms with Crippen LogP contribution in [0.4, 0.5) is 0 Å². The number of nitrogens with zero attached hydrogens (tertiary/aromatic N) is 3. The Balaban J connectivity index is 1.94. The van der Waals surface area contributed by atoms with E-state index in [2.05, 4.69) is 10.3 Å². The third-order valence-electron chi connectivity index (χ3n) is 4.11. The molecule has 2 N–H and O–H groups in total. The normalized spacial score (nSPS) is 16.9. The first-order valence-electron chi connectivity index (χ1n) is 7.48. The highest BCUT2D eigenvalue weighted by Crippen LogP contribution is 2.27. The first-order chi connectivity index (χ1) is 9.35. The molecule has 5 nitrogen and oxygen atoms in total. The van der Waals surface area contributed by atoms with Gasteiger partial charge < -0.3 is 10.2 Å². The molecule has 5 heteroatoms. The van der Waals surface area contributed by atoms with Gasteiger partial charge in [-0.05, 0) is 25.2 Å². The molecule has 1 aromatic rings. The highest BCUT2D eigenvalue weighted by molar-refractivity contribution is 5.09. The predicted molar refractivity (Wildman–Crippen MR) is 72.5 cm³/mol. The molecule has 108 valence electrons. The third-order valence-corrected chi connectivity index (χ3v) is 4.11. The first kappa shape index (κ1) is 14.5. The molecule has 0 radical (unpaired) electrons. The van der Waals surface area contributed by atoms with Gasteiger partial charge in [0.1, 0.15) is 5.69 Å². The van der Waals surface area contributed by atoms with Crippen molar-refractivity contribution in [1.82, 2.24) is 15.0 Å². The van der Waals surface area contributed by atoms with E-state index in [1.807, 2.05) is 4.68 Å². The molecule has 1 aliphatic carbocycles. The van der Waals surface area contributed by atoms with Crippen molar-refractivity contribution in [3.63, 3.8) is 0 Å². The summed E-state index contributed by atoms with van der Waals surface area (Å²) in [6.07, 6.45) is 9.58. The topological polar surface area (TPSA) is 71.2 Å². The van der Waals surface area contributed by atoms with Crippen molar-refractivity contribution < 1.29 is 10.2 Å². The second-order valence-electron chi connectivity index (χ2n) is 5.48. The van der Waals surface area contributed by atoms with Crippen LogP contribution in [0.1, 0.15) is 56.3 Å². The van der Waals surface area contributed by atoms with Gasteiger partial charge in [-0.1, -0.05) is 37.3 Å². The average molecular weight is 267 g/mol. The summed E-state index contributed by atoms with van der Waals surface area (Å²) in [6.45, 7) is 0.805. The van der Waals surface area contributed by atoms with Crippen LogP contribution in [0.3, 0.4) is 0 Å². The number of aliphatic hydroxyl groups is 2. The molecule has 1 aromatic heterocycles. The Kier molecular flexibility index (Phi) is 5.79. The van der Waals surface area contributed by atoms with Crippen LogP contribution >= 0.6 is 0 Å². The Hall–Kier alpha value is -0.940. The van der Waals surface area contributed by atoms with Gasteiger partial charge in [0.25, 0.3) is 0 Å². The van der Waals surface area contributed by atoms with Crippen molar-refractivity contribution in [1.29, 1.82) is 0 Å². The van der Waals surface area contributed by atoms with Crippen LogP contribution in [0.5, 0.6) is 0 Å². The Morgan fingerprint density at radius 3 is 2.63 bits per heavy atom. The third kappa shape index (κ3) is 4.01.